The summed E-state index contributed by atoms with van der Waals surface area (Å²) in [7, 11) is -0.989. The minimum Gasteiger partial charge on any atom is -0.309 e. The normalized spacial score (nSPS) is 22.2. The largest absolute Gasteiger partial charge is 0.309 e. The zero-order chi connectivity index (χ0) is 13.3. The second-order valence-corrected chi connectivity index (χ2v) is 7.92. The van der Waals surface area contributed by atoms with E-state index in [0.29, 0.717) is 6.42 Å². The van der Waals surface area contributed by atoms with Crippen molar-refractivity contribution in [1.82, 2.24) is 14.8 Å². The molecule has 0 N–H and O–H groups in total. The van der Waals surface area contributed by atoms with Crippen molar-refractivity contribution in [2.45, 2.75) is 24.4 Å². The number of sulfone groups is 1. The summed E-state index contributed by atoms with van der Waals surface area (Å²) in [6.07, 6.45) is 0.652. The Morgan fingerprint density at radius 1 is 1.56 bits per heavy atom. The third-order valence-electron chi connectivity index (χ3n) is 2.91. The van der Waals surface area contributed by atoms with Crippen LogP contribution in [0.3, 0.4) is 0 Å². The van der Waals surface area contributed by atoms with Gasteiger partial charge in [-0.25, -0.2) is 8.42 Å². The lowest BCUT2D eigenvalue weighted by atomic mass is 10.1. The van der Waals surface area contributed by atoms with Crippen LogP contribution in [0.5, 0.6) is 0 Å². The molecular weight excluding hydrogens is 270 g/mol. The van der Waals surface area contributed by atoms with Gasteiger partial charge >= 0.3 is 0 Å². The smallest absolute Gasteiger partial charge is 0.191 e. The Morgan fingerprint density at radius 3 is 2.83 bits per heavy atom. The van der Waals surface area contributed by atoms with E-state index in [0.717, 1.165) is 22.3 Å². The molecule has 18 heavy (non-hydrogen) atoms. The van der Waals surface area contributed by atoms with E-state index in [-0.39, 0.29) is 17.4 Å². The van der Waals surface area contributed by atoms with E-state index in [1.54, 1.807) is 11.8 Å². The van der Waals surface area contributed by atoms with Crippen molar-refractivity contribution in [2.24, 2.45) is 7.05 Å². The predicted octanol–water partition coefficient (Wildman–Crippen LogP) is 1.39. The number of nitrogens with zero attached hydrogens (tertiary/aromatic N) is 3. The topological polar surface area (TPSA) is 64.8 Å². The minimum atomic E-state index is -2.88. The second-order valence-electron chi connectivity index (χ2n) is 4.75. The van der Waals surface area contributed by atoms with E-state index in [2.05, 4.69) is 16.8 Å². The molecule has 0 radical (unpaired) electrons. The molecule has 1 aromatic heterocycles. The maximum absolute atomic E-state index is 11.5. The molecule has 7 heteroatoms. The van der Waals surface area contributed by atoms with Crippen molar-refractivity contribution in [1.29, 1.82) is 0 Å². The molecule has 1 saturated heterocycles. The number of hydrogen-bond donors (Lipinski definition) is 0. The minimum absolute atomic E-state index is 0.00771. The van der Waals surface area contributed by atoms with Crippen LogP contribution in [0.2, 0.25) is 0 Å². The molecule has 1 unspecified atom stereocenters. The fraction of sp³-hybridized carbons (Fsp3) is 0.636. The first-order valence-corrected chi connectivity index (χ1v) is 8.56. The van der Waals surface area contributed by atoms with E-state index in [1.165, 1.54) is 0 Å². The van der Waals surface area contributed by atoms with Crippen molar-refractivity contribution in [2.75, 3.05) is 17.3 Å². The molecule has 1 aromatic rings. The summed E-state index contributed by atoms with van der Waals surface area (Å²) >= 11 is 1.58. The number of hydrogen-bond acceptors (Lipinski definition) is 5. The molecule has 0 bridgehead atoms. The van der Waals surface area contributed by atoms with Gasteiger partial charge in [0, 0.05) is 18.7 Å². The zero-order valence-electron chi connectivity index (χ0n) is 10.6. The van der Waals surface area contributed by atoms with Crippen LogP contribution in [0.25, 0.3) is 0 Å². The van der Waals surface area contributed by atoms with E-state index in [4.69, 9.17) is 0 Å². The summed E-state index contributed by atoms with van der Waals surface area (Å²) in [4.78, 5) is 0. The highest BCUT2D eigenvalue weighted by atomic mass is 32.2. The molecule has 1 aliphatic heterocycles. The monoisotopic (exact) mass is 287 g/mol. The maximum Gasteiger partial charge on any atom is 0.191 e. The van der Waals surface area contributed by atoms with Gasteiger partial charge in [-0.15, -0.1) is 10.2 Å². The predicted molar refractivity (Wildman–Crippen MR) is 72.6 cm³/mol. The lowest BCUT2D eigenvalue weighted by molar-refractivity contribution is 0.599. The SMILES string of the molecule is C=C(C)CSc1nnc(C2CCS(=O)(=O)C2)n1C. The first kappa shape index (κ1) is 13.6. The van der Waals surface area contributed by atoms with Crippen molar-refractivity contribution < 1.29 is 8.42 Å². The van der Waals surface area contributed by atoms with Gasteiger partial charge < -0.3 is 4.57 Å². The molecule has 0 spiro atoms. The van der Waals surface area contributed by atoms with Crippen LogP contribution in [0, 0.1) is 0 Å². The van der Waals surface area contributed by atoms with Crippen LogP contribution in [0.15, 0.2) is 17.3 Å². The van der Waals surface area contributed by atoms with Crippen LogP contribution < -0.4 is 0 Å². The second kappa shape index (κ2) is 5.05. The van der Waals surface area contributed by atoms with Gasteiger partial charge in [-0.3, -0.25) is 0 Å². The van der Waals surface area contributed by atoms with Gasteiger partial charge in [0.25, 0.3) is 0 Å². The standard InChI is InChI=1S/C11H17N3O2S2/c1-8(2)6-17-11-13-12-10(14(11)3)9-4-5-18(15,16)7-9/h9H,1,4-7H2,2-3H3. The van der Waals surface area contributed by atoms with E-state index in [1.807, 2.05) is 18.5 Å². The molecular formula is C11H17N3O2S2. The van der Waals surface area contributed by atoms with Crippen LogP contribution in [-0.4, -0.2) is 40.4 Å². The Kier molecular flexibility index (Phi) is 3.82. The summed E-state index contributed by atoms with van der Waals surface area (Å²) in [6, 6.07) is 0. The molecule has 1 atom stereocenters. The zero-order valence-corrected chi connectivity index (χ0v) is 12.2. The lowest BCUT2D eigenvalue weighted by Crippen LogP contribution is -2.09. The third kappa shape index (κ3) is 2.95. The van der Waals surface area contributed by atoms with Gasteiger partial charge in [-0.2, -0.15) is 0 Å². The number of rotatable bonds is 4. The number of aromatic nitrogens is 3. The fourth-order valence-electron chi connectivity index (χ4n) is 1.99. The summed E-state index contributed by atoms with van der Waals surface area (Å²) < 4.78 is 24.8. The Balaban J connectivity index is 2.14. The highest BCUT2D eigenvalue weighted by Gasteiger charge is 2.32. The third-order valence-corrected chi connectivity index (χ3v) is 5.93. The summed E-state index contributed by atoms with van der Waals surface area (Å²) in [5.41, 5.74) is 1.08. The van der Waals surface area contributed by atoms with Gasteiger partial charge in [0.2, 0.25) is 0 Å². The first-order valence-electron chi connectivity index (χ1n) is 5.76. The van der Waals surface area contributed by atoms with Crippen LogP contribution in [-0.2, 0) is 16.9 Å². The highest BCUT2D eigenvalue weighted by molar-refractivity contribution is 7.99. The van der Waals surface area contributed by atoms with Crippen molar-refractivity contribution in [3.05, 3.63) is 18.0 Å². The Hall–Kier alpha value is -0.820. The van der Waals surface area contributed by atoms with Gasteiger partial charge in [0.05, 0.1) is 11.5 Å². The lowest BCUT2D eigenvalue weighted by Gasteiger charge is -2.07. The Bertz CT molecular complexity index is 563. The Morgan fingerprint density at radius 2 is 2.28 bits per heavy atom. The van der Waals surface area contributed by atoms with Gasteiger partial charge in [0.15, 0.2) is 15.0 Å². The average molecular weight is 287 g/mol. The maximum atomic E-state index is 11.5. The van der Waals surface area contributed by atoms with Gasteiger partial charge in [0.1, 0.15) is 5.82 Å². The molecule has 0 saturated carbocycles. The molecule has 1 aliphatic rings. The molecule has 0 aromatic carbocycles. The molecule has 100 valence electrons. The molecule has 1 fully saturated rings. The average Bonchev–Trinajstić information content (AvgIpc) is 2.79. The molecule has 0 aliphatic carbocycles. The van der Waals surface area contributed by atoms with Crippen LogP contribution in [0.1, 0.15) is 25.1 Å². The molecule has 0 amide bonds. The van der Waals surface area contributed by atoms with E-state index in [9.17, 15) is 8.42 Å². The summed E-state index contributed by atoms with van der Waals surface area (Å²) in [5, 5.41) is 9.08. The van der Waals surface area contributed by atoms with Gasteiger partial charge in [-0.1, -0.05) is 23.9 Å². The van der Waals surface area contributed by atoms with Gasteiger partial charge in [-0.05, 0) is 13.3 Å². The molecule has 5 nitrogen and oxygen atoms in total. The van der Waals surface area contributed by atoms with Crippen LogP contribution >= 0.6 is 11.8 Å². The van der Waals surface area contributed by atoms with E-state index >= 15 is 0 Å². The van der Waals surface area contributed by atoms with Crippen molar-refractivity contribution >= 4 is 21.6 Å². The van der Waals surface area contributed by atoms with Crippen molar-refractivity contribution in [3.8, 4) is 0 Å². The van der Waals surface area contributed by atoms with Crippen LogP contribution in [0.4, 0.5) is 0 Å². The summed E-state index contributed by atoms with van der Waals surface area (Å²) in [6.45, 7) is 5.81. The molecule has 2 rings (SSSR count). The summed E-state index contributed by atoms with van der Waals surface area (Å²) in [5.74, 6) is 2.03. The van der Waals surface area contributed by atoms with Crippen molar-refractivity contribution in [3.63, 3.8) is 0 Å². The number of thioether (sulfide) groups is 1. The Labute approximate surface area is 112 Å². The highest BCUT2D eigenvalue weighted by Crippen LogP contribution is 2.29. The van der Waals surface area contributed by atoms with E-state index < -0.39 is 9.84 Å². The first-order chi connectivity index (χ1) is 8.39. The molecule has 2 heterocycles. The quantitative estimate of drug-likeness (QED) is 0.618. The fourth-order valence-corrected chi connectivity index (χ4v) is 4.49.